The zero-order chi connectivity index (χ0) is 23.3. The molecule has 0 radical (unpaired) electrons. The smallest absolute Gasteiger partial charge is 0.265 e. The lowest BCUT2D eigenvalue weighted by Crippen LogP contribution is -2.30. The molecule has 0 fully saturated rings. The molecular weight excluding hydrogens is 424 g/mol. The number of rotatable bonds is 6. The summed E-state index contributed by atoms with van der Waals surface area (Å²) < 4.78 is 5.65. The number of ether oxygens (including phenoxy) is 1. The SMILES string of the molecule is CC(Oc1ccc(Cl)cc1)C(=O)Nc1cccc(NC(=O)c2ccc(C(C)(C)C)cc2)c1. The Bertz CT molecular complexity index is 1090. The van der Waals surface area contributed by atoms with Crippen LogP contribution in [0, 0.1) is 0 Å². The van der Waals surface area contributed by atoms with Gasteiger partial charge in [-0.15, -0.1) is 0 Å². The van der Waals surface area contributed by atoms with Gasteiger partial charge in [0, 0.05) is 22.0 Å². The summed E-state index contributed by atoms with van der Waals surface area (Å²) in [5, 5.41) is 6.28. The van der Waals surface area contributed by atoms with Crippen LogP contribution in [0.5, 0.6) is 5.75 Å². The minimum absolute atomic E-state index is 0.0238. The molecule has 6 heteroatoms. The van der Waals surface area contributed by atoms with Crippen molar-refractivity contribution in [3.63, 3.8) is 0 Å². The quantitative estimate of drug-likeness (QED) is 0.463. The first-order valence-electron chi connectivity index (χ1n) is 10.4. The van der Waals surface area contributed by atoms with Gasteiger partial charge < -0.3 is 15.4 Å². The topological polar surface area (TPSA) is 67.4 Å². The van der Waals surface area contributed by atoms with Gasteiger partial charge in [-0.1, -0.05) is 50.6 Å². The largest absolute Gasteiger partial charge is 0.481 e. The highest BCUT2D eigenvalue weighted by atomic mass is 35.5. The van der Waals surface area contributed by atoms with Gasteiger partial charge in [0.1, 0.15) is 5.75 Å². The van der Waals surface area contributed by atoms with Crippen molar-refractivity contribution in [2.45, 2.75) is 39.2 Å². The van der Waals surface area contributed by atoms with Gasteiger partial charge in [0.25, 0.3) is 11.8 Å². The highest BCUT2D eigenvalue weighted by Crippen LogP contribution is 2.23. The first kappa shape index (κ1) is 23.4. The zero-order valence-electron chi connectivity index (χ0n) is 18.6. The van der Waals surface area contributed by atoms with Crippen molar-refractivity contribution >= 4 is 34.8 Å². The molecule has 166 valence electrons. The molecule has 3 rings (SSSR count). The maximum Gasteiger partial charge on any atom is 0.265 e. The molecule has 3 aromatic rings. The number of hydrogen-bond donors (Lipinski definition) is 2. The number of benzene rings is 3. The van der Waals surface area contributed by atoms with Crippen LogP contribution in [0.1, 0.15) is 43.6 Å². The first-order valence-corrected chi connectivity index (χ1v) is 10.7. The molecular formula is C26H27ClN2O3. The summed E-state index contributed by atoms with van der Waals surface area (Å²) >= 11 is 5.87. The monoisotopic (exact) mass is 450 g/mol. The standard InChI is InChI=1S/C26H27ClN2O3/c1-17(32-23-14-12-20(27)13-15-23)24(30)28-21-6-5-7-22(16-21)29-25(31)18-8-10-19(11-9-18)26(2,3)4/h5-17H,1-4H3,(H,28,30)(H,29,31). The van der Waals surface area contributed by atoms with E-state index in [4.69, 9.17) is 16.3 Å². The van der Waals surface area contributed by atoms with Crippen molar-refractivity contribution in [2.24, 2.45) is 0 Å². The highest BCUT2D eigenvalue weighted by molar-refractivity contribution is 6.30. The molecule has 0 aliphatic heterocycles. The van der Waals surface area contributed by atoms with E-state index in [1.807, 2.05) is 24.3 Å². The lowest BCUT2D eigenvalue weighted by Gasteiger charge is -2.19. The van der Waals surface area contributed by atoms with E-state index in [-0.39, 0.29) is 17.2 Å². The predicted octanol–water partition coefficient (Wildman–Crippen LogP) is 6.30. The van der Waals surface area contributed by atoms with E-state index in [2.05, 4.69) is 31.4 Å². The molecule has 0 spiro atoms. The van der Waals surface area contributed by atoms with Crippen LogP contribution in [0.25, 0.3) is 0 Å². The van der Waals surface area contributed by atoms with Gasteiger partial charge in [-0.05, 0) is 72.5 Å². The fourth-order valence-corrected chi connectivity index (χ4v) is 3.14. The molecule has 1 atom stereocenters. The summed E-state index contributed by atoms with van der Waals surface area (Å²) in [6, 6.07) is 21.4. The lowest BCUT2D eigenvalue weighted by atomic mass is 9.87. The van der Waals surface area contributed by atoms with Gasteiger partial charge in [-0.2, -0.15) is 0 Å². The molecule has 2 N–H and O–H groups in total. The summed E-state index contributed by atoms with van der Waals surface area (Å²) in [5.74, 6) is 0.0325. The van der Waals surface area contributed by atoms with E-state index in [1.165, 1.54) is 0 Å². The second-order valence-electron chi connectivity index (χ2n) is 8.57. The van der Waals surface area contributed by atoms with Crippen LogP contribution in [0.4, 0.5) is 11.4 Å². The van der Waals surface area contributed by atoms with Crippen LogP contribution in [-0.4, -0.2) is 17.9 Å². The Kier molecular flexibility index (Phi) is 7.21. The van der Waals surface area contributed by atoms with Crippen molar-refractivity contribution in [3.8, 4) is 5.75 Å². The van der Waals surface area contributed by atoms with Crippen molar-refractivity contribution in [2.75, 3.05) is 10.6 Å². The molecule has 0 aliphatic rings. The third-order valence-electron chi connectivity index (χ3n) is 4.90. The van der Waals surface area contributed by atoms with Gasteiger partial charge >= 0.3 is 0 Å². The molecule has 0 aliphatic carbocycles. The molecule has 2 amide bonds. The van der Waals surface area contributed by atoms with Crippen LogP contribution >= 0.6 is 11.6 Å². The summed E-state index contributed by atoms with van der Waals surface area (Å²) in [4.78, 5) is 25.1. The number of amides is 2. The van der Waals surface area contributed by atoms with Crippen molar-refractivity contribution in [1.29, 1.82) is 0 Å². The molecule has 1 unspecified atom stereocenters. The van der Waals surface area contributed by atoms with Crippen molar-refractivity contribution in [3.05, 3.63) is 88.9 Å². The minimum atomic E-state index is -0.712. The molecule has 0 heterocycles. The van der Waals surface area contributed by atoms with Gasteiger partial charge in [0.2, 0.25) is 0 Å². The molecule has 32 heavy (non-hydrogen) atoms. The average molecular weight is 451 g/mol. The molecule has 0 bridgehead atoms. The molecule has 3 aromatic carbocycles. The normalized spacial score (nSPS) is 12.0. The number of anilines is 2. The second kappa shape index (κ2) is 9.88. The fraction of sp³-hybridized carbons (Fsp3) is 0.231. The zero-order valence-corrected chi connectivity index (χ0v) is 19.4. The van der Waals surface area contributed by atoms with Crippen LogP contribution in [-0.2, 0) is 10.2 Å². The van der Waals surface area contributed by atoms with Gasteiger partial charge in [-0.3, -0.25) is 9.59 Å². The fourth-order valence-electron chi connectivity index (χ4n) is 3.01. The summed E-state index contributed by atoms with van der Waals surface area (Å²) in [6.45, 7) is 8.05. The number of hydrogen-bond acceptors (Lipinski definition) is 3. The van der Waals surface area contributed by atoms with E-state index in [9.17, 15) is 9.59 Å². The van der Waals surface area contributed by atoms with Crippen LogP contribution in [0.3, 0.4) is 0 Å². The first-order chi connectivity index (χ1) is 15.1. The average Bonchev–Trinajstić information content (AvgIpc) is 2.75. The van der Waals surface area contributed by atoms with E-state index in [1.54, 1.807) is 55.5 Å². The number of halogens is 1. The van der Waals surface area contributed by atoms with E-state index >= 15 is 0 Å². The highest BCUT2D eigenvalue weighted by Gasteiger charge is 2.16. The molecule has 0 saturated heterocycles. The Morgan fingerprint density at radius 2 is 1.47 bits per heavy atom. The van der Waals surface area contributed by atoms with E-state index in [0.29, 0.717) is 27.7 Å². The summed E-state index contributed by atoms with van der Waals surface area (Å²) in [6.07, 6.45) is -0.712. The van der Waals surface area contributed by atoms with Crippen LogP contribution in [0.2, 0.25) is 5.02 Å². The number of carbonyl (C=O) groups is 2. The lowest BCUT2D eigenvalue weighted by molar-refractivity contribution is -0.122. The summed E-state index contributed by atoms with van der Waals surface area (Å²) in [5.41, 5.74) is 2.89. The molecule has 5 nitrogen and oxygen atoms in total. The Morgan fingerprint density at radius 3 is 2.06 bits per heavy atom. The van der Waals surface area contributed by atoms with Gasteiger partial charge in [0.15, 0.2) is 6.10 Å². The Balaban J connectivity index is 1.61. The number of carbonyl (C=O) groups excluding carboxylic acids is 2. The minimum Gasteiger partial charge on any atom is -0.481 e. The Labute approximate surface area is 193 Å². The van der Waals surface area contributed by atoms with Crippen LogP contribution in [0.15, 0.2) is 72.8 Å². The third-order valence-corrected chi connectivity index (χ3v) is 5.15. The van der Waals surface area contributed by atoms with E-state index in [0.717, 1.165) is 5.56 Å². The molecule has 0 aromatic heterocycles. The van der Waals surface area contributed by atoms with Gasteiger partial charge in [0.05, 0.1) is 0 Å². The van der Waals surface area contributed by atoms with Crippen molar-refractivity contribution in [1.82, 2.24) is 0 Å². The number of nitrogens with one attached hydrogen (secondary N) is 2. The third kappa shape index (κ3) is 6.34. The van der Waals surface area contributed by atoms with Gasteiger partial charge in [-0.25, -0.2) is 0 Å². The second-order valence-corrected chi connectivity index (χ2v) is 9.00. The Morgan fingerprint density at radius 1 is 0.875 bits per heavy atom. The summed E-state index contributed by atoms with van der Waals surface area (Å²) in [7, 11) is 0. The maximum atomic E-state index is 12.6. The maximum absolute atomic E-state index is 12.6. The molecule has 0 saturated carbocycles. The van der Waals surface area contributed by atoms with Crippen molar-refractivity contribution < 1.29 is 14.3 Å². The Hall–Kier alpha value is -3.31. The van der Waals surface area contributed by atoms with E-state index < -0.39 is 6.10 Å². The van der Waals surface area contributed by atoms with Crippen LogP contribution < -0.4 is 15.4 Å². The predicted molar refractivity (Wildman–Crippen MR) is 130 cm³/mol.